The molecule has 9 heteroatoms. The number of pyridine rings is 1. The van der Waals surface area contributed by atoms with Crippen LogP contribution in [0.15, 0.2) is 30.6 Å². The Morgan fingerprint density at radius 1 is 1.06 bits per heavy atom. The highest BCUT2D eigenvalue weighted by atomic mass is 19.3. The summed E-state index contributed by atoms with van der Waals surface area (Å²) in [7, 11) is 0. The third-order valence-electron chi connectivity index (χ3n) is 8.36. The van der Waals surface area contributed by atoms with E-state index in [1.165, 1.54) is 24.5 Å². The SMILES string of the molecule is O=C(NC1(C2CC(F)(F)C2)CC1)c1cncc(-c2cc(F)cc(F)c2)c1N1CCC2(CCCN2)C1. The van der Waals surface area contributed by atoms with Crippen molar-refractivity contribution < 1.29 is 22.4 Å². The van der Waals surface area contributed by atoms with Gasteiger partial charge in [-0.2, -0.15) is 0 Å². The molecule has 5 nitrogen and oxygen atoms in total. The van der Waals surface area contributed by atoms with Gasteiger partial charge in [0.1, 0.15) is 11.6 Å². The van der Waals surface area contributed by atoms with Crippen molar-refractivity contribution in [2.75, 3.05) is 24.5 Å². The van der Waals surface area contributed by atoms with Gasteiger partial charge in [0.05, 0.1) is 11.3 Å². The molecule has 2 aromatic rings. The number of anilines is 1. The van der Waals surface area contributed by atoms with E-state index in [0.29, 0.717) is 48.3 Å². The molecule has 2 N–H and O–H groups in total. The van der Waals surface area contributed by atoms with Crippen LogP contribution < -0.4 is 15.5 Å². The number of halogens is 4. The van der Waals surface area contributed by atoms with Crippen molar-refractivity contribution >= 4 is 11.6 Å². The molecule has 1 aromatic carbocycles. The Kier molecular flexibility index (Phi) is 5.15. The first kappa shape index (κ1) is 22.8. The molecule has 0 bridgehead atoms. The Morgan fingerprint density at radius 3 is 2.43 bits per heavy atom. The molecule has 1 unspecified atom stereocenters. The van der Waals surface area contributed by atoms with Gasteiger partial charge in [-0.15, -0.1) is 0 Å². The van der Waals surface area contributed by atoms with Gasteiger partial charge in [-0.25, -0.2) is 17.6 Å². The summed E-state index contributed by atoms with van der Waals surface area (Å²) in [5.74, 6) is -4.69. The lowest BCUT2D eigenvalue weighted by Crippen LogP contribution is -2.51. The maximum atomic E-state index is 14.1. The van der Waals surface area contributed by atoms with Gasteiger partial charge in [0.25, 0.3) is 5.91 Å². The van der Waals surface area contributed by atoms with E-state index < -0.39 is 23.1 Å². The van der Waals surface area contributed by atoms with Crippen LogP contribution in [0.3, 0.4) is 0 Å². The predicted octanol–water partition coefficient (Wildman–Crippen LogP) is 4.67. The van der Waals surface area contributed by atoms with E-state index in [4.69, 9.17) is 0 Å². The number of amides is 1. The highest BCUT2D eigenvalue weighted by Crippen LogP contribution is 2.56. The molecule has 2 saturated heterocycles. The fourth-order valence-electron chi connectivity index (χ4n) is 6.28. The van der Waals surface area contributed by atoms with Crippen molar-refractivity contribution in [3.05, 3.63) is 47.8 Å². The van der Waals surface area contributed by atoms with Crippen LogP contribution in [0.2, 0.25) is 0 Å². The summed E-state index contributed by atoms with van der Waals surface area (Å²) in [5.41, 5.74) is 1.03. The number of nitrogens with zero attached hydrogens (tertiary/aromatic N) is 2. The largest absolute Gasteiger partial charge is 0.368 e. The fraction of sp³-hybridized carbons (Fsp3) is 0.538. The summed E-state index contributed by atoms with van der Waals surface area (Å²) in [4.78, 5) is 19.9. The zero-order chi connectivity index (χ0) is 24.4. The summed E-state index contributed by atoms with van der Waals surface area (Å²) in [6, 6.07) is 3.29. The normalized spacial score (nSPS) is 26.7. The van der Waals surface area contributed by atoms with E-state index in [-0.39, 0.29) is 30.2 Å². The molecule has 1 aromatic heterocycles. The lowest BCUT2D eigenvalue weighted by molar-refractivity contribution is -0.122. The molecule has 4 aliphatic rings. The van der Waals surface area contributed by atoms with Crippen LogP contribution in [0.4, 0.5) is 23.2 Å². The van der Waals surface area contributed by atoms with E-state index >= 15 is 0 Å². The second-order valence-electron chi connectivity index (χ2n) is 10.8. The highest BCUT2D eigenvalue weighted by molar-refractivity contribution is 6.03. The quantitative estimate of drug-likeness (QED) is 0.601. The van der Waals surface area contributed by atoms with Gasteiger partial charge >= 0.3 is 0 Å². The lowest BCUT2D eigenvalue weighted by atomic mass is 9.74. The van der Waals surface area contributed by atoms with Gasteiger partial charge in [-0.05, 0) is 62.3 Å². The van der Waals surface area contributed by atoms with Crippen molar-refractivity contribution in [3.8, 4) is 11.1 Å². The topological polar surface area (TPSA) is 57.3 Å². The molecule has 2 saturated carbocycles. The molecule has 0 radical (unpaired) electrons. The van der Waals surface area contributed by atoms with Crippen LogP contribution in [0.25, 0.3) is 11.1 Å². The number of hydrogen-bond donors (Lipinski definition) is 2. The van der Waals surface area contributed by atoms with Crippen molar-refractivity contribution in [1.82, 2.24) is 15.6 Å². The average Bonchev–Trinajstić information content (AvgIpc) is 3.22. The van der Waals surface area contributed by atoms with Gasteiger partial charge in [0, 0.05) is 61.0 Å². The Bertz CT molecular complexity index is 1150. The van der Waals surface area contributed by atoms with Crippen LogP contribution in [0, 0.1) is 17.6 Å². The van der Waals surface area contributed by atoms with Crippen molar-refractivity contribution in [1.29, 1.82) is 0 Å². The number of rotatable bonds is 5. The van der Waals surface area contributed by atoms with Crippen molar-refractivity contribution in [2.24, 2.45) is 5.92 Å². The molecular weight excluding hydrogens is 460 g/mol. The first-order chi connectivity index (χ1) is 16.7. The molecule has 1 atom stereocenters. The third-order valence-corrected chi connectivity index (χ3v) is 8.36. The number of hydrogen-bond acceptors (Lipinski definition) is 4. The standard InChI is InChI=1S/C26H28F4N4O/c27-18-8-16(9-19(28)10-18)20-13-31-14-21(22(20)34-7-5-24(15-34)2-1-6-32-24)23(35)33-25(3-4-25)17-11-26(29,30)12-17/h8-10,13-14,17,32H,1-7,11-12,15H2,(H,33,35). The molecule has 35 heavy (non-hydrogen) atoms. The molecule has 4 fully saturated rings. The monoisotopic (exact) mass is 488 g/mol. The molecule has 1 amide bonds. The number of alkyl halides is 2. The smallest absolute Gasteiger partial charge is 0.255 e. The Labute approximate surface area is 201 Å². The van der Waals surface area contributed by atoms with Crippen LogP contribution in [0.1, 0.15) is 55.3 Å². The molecule has 2 aliphatic heterocycles. The van der Waals surface area contributed by atoms with Gasteiger partial charge in [-0.3, -0.25) is 9.78 Å². The first-order valence-corrected chi connectivity index (χ1v) is 12.3. The zero-order valence-electron chi connectivity index (χ0n) is 19.3. The minimum Gasteiger partial charge on any atom is -0.368 e. The first-order valence-electron chi connectivity index (χ1n) is 12.3. The molecular formula is C26H28F4N4O. The number of aromatic nitrogens is 1. The highest BCUT2D eigenvalue weighted by Gasteiger charge is 2.60. The number of nitrogens with one attached hydrogen (secondary N) is 2. The summed E-state index contributed by atoms with van der Waals surface area (Å²) < 4.78 is 55.3. The van der Waals surface area contributed by atoms with Crippen LogP contribution in [-0.2, 0) is 0 Å². The van der Waals surface area contributed by atoms with E-state index in [1.54, 1.807) is 0 Å². The number of carbonyl (C=O) groups excluding carboxylic acids is 1. The summed E-state index contributed by atoms with van der Waals surface area (Å²) >= 11 is 0. The minimum absolute atomic E-state index is 0.0449. The van der Waals surface area contributed by atoms with Gasteiger partial charge < -0.3 is 15.5 Å². The van der Waals surface area contributed by atoms with Crippen molar-refractivity contribution in [2.45, 2.75) is 61.9 Å². The zero-order valence-corrected chi connectivity index (χ0v) is 19.3. The van der Waals surface area contributed by atoms with Gasteiger partial charge in [-0.1, -0.05) is 0 Å². The lowest BCUT2D eigenvalue weighted by Gasteiger charge is -2.41. The van der Waals surface area contributed by atoms with Crippen LogP contribution in [-0.4, -0.2) is 47.5 Å². The Balaban J connectivity index is 1.37. The molecule has 186 valence electrons. The molecule has 3 heterocycles. The molecule has 6 rings (SSSR count). The van der Waals surface area contributed by atoms with E-state index in [1.807, 2.05) is 0 Å². The number of carbonyl (C=O) groups is 1. The second-order valence-corrected chi connectivity index (χ2v) is 10.8. The Morgan fingerprint density at radius 2 is 1.80 bits per heavy atom. The summed E-state index contributed by atoms with van der Waals surface area (Å²) in [6.45, 7) is 2.29. The average molecular weight is 489 g/mol. The third kappa shape index (κ3) is 4.07. The van der Waals surface area contributed by atoms with E-state index in [2.05, 4.69) is 20.5 Å². The van der Waals surface area contributed by atoms with E-state index in [0.717, 1.165) is 31.9 Å². The minimum atomic E-state index is -2.66. The summed E-state index contributed by atoms with van der Waals surface area (Å²) in [5, 5.41) is 6.64. The van der Waals surface area contributed by atoms with Crippen LogP contribution >= 0.6 is 0 Å². The van der Waals surface area contributed by atoms with Gasteiger partial charge in [0.15, 0.2) is 0 Å². The molecule has 2 aliphatic carbocycles. The van der Waals surface area contributed by atoms with Crippen molar-refractivity contribution in [3.63, 3.8) is 0 Å². The van der Waals surface area contributed by atoms with Gasteiger partial charge in [0.2, 0.25) is 5.92 Å². The second kappa shape index (κ2) is 7.91. The summed E-state index contributed by atoms with van der Waals surface area (Å²) in [6.07, 6.45) is 6.95. The maximum Gasteiger partial charge on any atom is 0.255 e. The fourth-order valence-corrected chi connectivity index (χ4v) is 6.28. The number of benzene rings is 1. The Hall–Kier alpha value is -2.68. The van der Waals surface area contributed by atoms with Crippen LogP contribution in [0.5, 0.6) is 0 Å². The maximum absolute atomic E-state index is 14.1. The predicted molar refractivity (Wildman–Crippen MR) is 123 cm³/mol. The molecule has 1 spiro atoms. The van der Waals surface area contributed by atoms with E-state index in [9.17, 15) is 22.4 Å².